The first-order chi connectivity index (χ1) is 9.66. The molecular formula is C13H16ClNO5S. The molecule has 6 nitrogen and oxygen atoms in total. The summed E-state index contributed by atoms with van der Waals surface area (Å²) >= 11 is 6.11. The number of nitrogens with two attached hydrogens (primary N) is 1. The van der Waals surface area contributed by atoms with Crippen molar-refractivity contribution >= 4 is 21.9 Å². The summed E-state index contributed by atoms with van der Waals surface area (Å²) in [5.41, 5.74) is 0.837. The number of ether oxygens (including phenoxy) is 2. The van der Waals surface area contributed by atoms with Gasteiger partial charge >= 0.3 is 10.3 Å². The van der Waals surface area contributed by atoms with E-state index in [1.165, 1.54) is 0 Å². The lowest BCUT2D eigenvalue weighted by molar-refractivity contribution is -0.126. The van der Waals surface area contributed by atoms with Crippen molar-refractivity contribution < 1.29 is 22.1 Å². The van der Waals surface area contributed by atoms with Crippen molar-refractivity contribution in [2.75, 3.05) is 6.61 Å². The van der Waals surface area contributed by atoms with Crippen LogP contribution in [0.2, 0.25) is 5.02 Å². The second kappa shape index (κ2) is 5.84. The zero-order valence-corrected chi connectivity index (χ0v) is 13.2. The molecule has 0 bridgehead atoms. The highest BCUT2D eigenvalue weighted by atomic mass is 35.5. The SMILES string of the molecule is CC1(C)OC(COS(N)(=O)=O)=C(Cc2ccccc2Cl)O1. The summed E-state index contributed by atoms with van der Waals surface area (Å²) in [5.74, 6) is -0.140. The first kappa shape index (κ1) is 16.1. The van der Waals surface area contributed by atoms with Crippen molar-refractivity contribution in [3.05, 3.63) is 46.4 Å². The van der Waals surface area contributed by atoms with E-state index >= 15 is 0 Å². The zero-order valence-electron chi connectivity index (χ0n) is 11.6. The smallest absolute Gasteiger partial charge is 0.333 e. The Bertz CT molecular complexity index is 669. The van der Waals surface area contributed by atoms with Crippen LogP contribution in [0.3, 0.4) is 0 Å². The van der Waals surface area contributed by atoms with Gasteiger partial charge in [0.1, 0.15) is 12.4 Å². The monoisotopic (exact) mass is 333 g/mol. The quantitative estimate of drug-likeness (QED) is 0.891. The highest BCUT2D eigenvalue weighted by Crippen LogP contribution is 2.33. The molecule has 0 spiro atoms. The zero-order chi connectivity index (χ0) is 15.7. The summed E-state index contributed by atoms with van der Waals surface area (Å²) in [4.78, 5) is 0. The molecule has 116 valence electrons. The Balaban J connectivity index is 2.21. The van der Waals surface area contributed by atoms with Gasteiger partial charge in [0, 0.05) is 25.3 Å². The first-order valence-electron chi connectivity index (χ1n) is 6.17. The number of allylic oxidation sites excluding steroid dienone is 1. The van der Waals surface area contributed by atoms with Crippen LogP contribution < -0.4 is 5.14 Å². The van der Waals surface area contributed by atoms with Gasteiger partial charge in [0.15, 0.2) is 5.76 Å². The topological polar surface area (TPSA) is 87.9 Å². The van der Waals surface area contributed by atoms with Crippen molar-refractivity contribution in [2.24, 2.45) is 5.14 Å². The molecule has 1 aromatic carbocycles. The third-order valence-corrected chi connectivity index (χ3v) is 3.53. The lowest BCUT2D eigenvalue weighted by Crippen LogP contribution is -2.22. The van der Waals surface area contributed by atoms with Gasteiger partial charge in [0.2, 0.25) is 5.79 Å². The maximum Gasteiger partial charge on any atom is 0.333 e. The second-order valence-electron chi connectivity index (χ2n) is 4.97. The van der Waals surface area contributed by atoms with Crippen LogP contribution in [0.15, 0.2) is 35.8 Å². The highest BCUT2D eigenvalue weighted by Gasteiger charge is 2.34. The van der Waals surface area contributed by atoms with E-state index in [2.05, 4.69) is 4.18 Å². The number of halogens is 1. The summed E-state index contributed by atoms with van der Waals surface area (Å²) in [6.45, 7) is 3.11. The third kappa shape index (κ3) is 4.60. The maximum absolute atomic E-state index is 10.9. The van der Waals surface area contributed by atoms with Crippen molar-refractivity contribution in [3.63, 3.8) is 0 Å². The van der Waals surface area contributed by atoms with Gasteiger partial charge in [-0.15, -0.1) is 0 Å². The lowest BCUT2D eigenvalue weighted by atomic mass is 10.1. The predicted octanol–water partition coefficient (Wildman–Crippen LogP) is 2.10. The van der Waals surface area contributed by atoms with Crippen LogP contribution in [0.1, 0.15) is 19.4 Å². The van der Waals surface area contributed by atoms with Gasteiger partial charge in [-0.1, -0.05) is 29.8 Å². The third-order valence-electron chi connectivity index (χ3n) is 2.71. The maximum atomic E-state index is 10.9. The van der Waals surface area contributed by atoms with Crippen molar-refractivity contribution in [2.45, 2.75) is 26.1 Å². The standard InChI is InChI=1S/C13H16ClNO5S/c1-13(2)19-11(7-9-5-3-4-6-10(9)14)12(20-13)8-18-21(15,16)17/h3-6H,7-8H2,1-2H3,(H2,15,16,17). The first-order valence-corrected chi connectivity index (χ1v) is 8.02. The molecule has 0 saturated heterocycles. The largest absolute Gasteiger partial charge is 0.453 e. The van der Waals surface area contributed by atoms with E-state index in [0.717, 1.165) is 5.56 Å². The molecule has 0 radical (unpaired) electrons. The van der Waals surface area contributed by atoms with Gasteiger partial charge in [0.05, 0.1) is 0 Å². The minimum Gasteiger partial charge on any atom is -0.453 e. The van der Waals surface area contributed by atoms with Crippen molar-refractivity contribution in [3.8, 4) is 0 Å². The number of hydrogen-bond acceptors (Lipinski definition) is 5. The molecule has 0 aromatic heterocycles. The van der Waals surface area contributed by atoms with Crippen LogP contribution in [-0.2, 0) is 30.4 Å². The summed E-state index contributed by atoms with van der Waals surface area (Å²) in [6, 6.07) is 7.28. The van der Waals surface area contributed by atoms with Gasteiger partial charge in [-0.25, -0.2) is 9.32 Å². The molecule has 2 rings (SSSR count). The molecule has 2 N–H and O–H groups in total. The summed E-state index contributed by atoms with van der Waals surface area (Å²) in [7, 11) is -4.05. The molecule has 1 aliphatic rings. The van der Waals surface area contributed by atoms with E-state index in [1.54, 1.807) is 19.9 Å². The fourth-order valence-electron chi connectivity index (χ4n) is 1.92. The fourth-order valence-corrected chi connectivity index (χ4v) is 2.40. The predicted molar refractivity (Wildman–Crippen MR) is 77.5 cm³/mol. The number of rotatable bonds is 5. The van der Waals surface area contributed by atoms with Gasteiger partial charge in [-0.2, -0.15) is 8.42 Å². The minimum atomic E-state index is -4.05. The molecule has 0 saturated carbocycles. The Morgan fingerprint density at radius 2 is 1.86 bits per heavy atom. The average molecular weight is 334 g/mol. The van der Waals surface area contributed by atoms with E-state index in [1.807, 2.05) is 18.2 Å². The molecule has 0 atom stereocenters. The Kier molecular flexibility index (Phi) is 4.48. The van der Waals surface area contributed by atoms with E-state index in [4.69, 9.17) is 26.2 Å². The highest BCUT2D eigenvalue weighted by molar-refractivity contribution is 7.84. The lowest BCUT2D eigenvalue weighted by Gasteiger charge is -2.19. The van der Waals surface area contributed by atoms with E-state index in [-0.39, 0.29) is 12.4 Å². The minimum absolute atomic E-state index is 0.286. The number of benzene rings is 1. The molecule has 21 heavy (non-hydrogen) atoms. The Hall–Kier alpha value is -1.28. The van der Waals surface area contributed by atoms with Gasteiger partial charge in [-0.05, 0) is 11.6 Å². The van der Waals surface area contributed by atoms with E-state index in [0.29, 0.717) is 17.2 Å². The van der Waals surface area contributed by atoms with Crippen LogP contribution >= 0.6 is 11.6 Å². The van der Waals surface area contributed by atoms with Crippen LogP contribution in [-0.4, -0.2) is 20.8 Å². The van der Waals surface area contributed by atoms with Gasteiger partial charge in [-0.3, -0.25) is 0 Å². The fraction of sp³-hybridized carbons (Fsp3) is 0.385. The molecule has 0 unspecified atom stereocenters. The van der Waals surface area contributed by atoms with Crippen LogP contribution in [0.25, 0.3) is 0 Å². The van der Waals surface area contributed by atoms with Gasteiger partial charge in [0.25, 0.3) is 0 Å². The van der Waals surface area contributed by atoms with Crippen molar-refractivity contribution in [1.82, 2.24) is 0 Å². The number of hydrogen-bond donors (Lipinski definition) is 1. The van der Waals surface area contributed by atoms with E-state index < -0.39 is 16.1 Å². The van der Waals surface area contributed by atoms with Gasteiger partial charge < -0.3 is 9.47 Å². The molecular weight excluding hydrogens is 318 g/mol. The molecule has 0 fully saturated rings. The normalized spacial score (nSPS) is 17.5. The second-order valence-corrected chi connectivity index (χ2v) is 6.60. The molecule has 8 heteroatoms. The average Bonchev–Trinajstić information content (AvgIpc) is 2.63. The Morgan fingerprint density at radius 3 is 2.48 bits per heavy atom. The van der Waals surface area contributed by atoms with E-state index in [9.17, 15) is 8.42 Å². The Labute approximate surface area is 128 Å². The Morgan fingerprint density at radius 1 is 1.24 bits per heavy atom. The summed E-state index contributed by atoms with van der Waals surface area (Å²) < 4.78 is 37.5. The van der Waals surface area contributed by atoms with Crippen LogP contribution in [0.4, 0.5) is 0 Å². The molecule has 1 aromatic rings. The molecule has 0 amide bonds. The van der Waals surface area contributed by atoms with Crippen molar-refractivity contribution in [1.29, 1.82) is 0 Å². The van der Waals surface area contributed by atoms with Crippen LogP contribution in [0, 0.1) is 0 Å². The molecule has 0 aliphatic carbocycles. The molecule has 1 aliphatic heterocycles. The summed E-state index contributed by atoms with van der Waals surface area (Å²) in [5, 5.41) is 5.40. The summed E-state index contributed by atoms with van der Waals surface area (Å²) in [6.07, 6.45) is 0.367. The molecule has 1 heterocycles. The van der Waals surface area contributed by atoms with Crippen LogP contribution in [0.5, 0.6) is 0 Å².